The molecular formula is C16H12FNOS. The zero-order valence-corrected chi connectivity index (χ0v) is 11.6. The average Bonchev–Trinajstić information content (AvgIpc) is 2.82. The maximum atomic E-state index is 13.0. The van der Waals surface area contributed by atoms with Gasteiger partial charge < -0.3 is 5.11 Å². The molecule has 1 heterocycles. The third kappa shape index (κ3) is 2.42. The monoisotopic (exact) mass is 285 g/mol. The molecule has 0 aliphatic rings. The molecule has 0 aliphatic heterocycles. The van der Waals surface area contributed by atoms with Crippen LogP contribution in [0.2, 0.25) is 0 Å². The van der Waals surface area contributed by atoms with Crippen molar-refractivity contribution in [2.24, 2.45) is 0 Å². The van der Waals surface area contributed by atoms with Crippen molar-refractivity contribution in [2.75, 3.05) is 0 Å². The molecule has 2 aromatic carbocycles. The Morgan fingerprint density at radius 3 is 2.20 bits per heavy atom. The van der Waals surface area contributed by atoms with E-state index in [1.165, 1.54) is 12.1 Å². The molecule has 1 aromatic heterocycles. The highest BCUT2D eigenvalue weighted by atomic mass is 32.1. The standard InChI is InChI=1S/C16H12FNOS/c1-10-15(11-2-6-13(17)7-3-11)18-16(20-10)12-4-8-14(19)9-5-12/h2-9,19H,1H3. The first-order valence-corrected chi connectivity index (χ1v) is 6.98. The first-order valence-electron chi connectivity index (χ1n) is 6.16. The molecule has 3 aromatic rings. The van der Waals surface area contributed by atoms with Crippen LogP contribution in [0.5, 0.6) is 5.75 Å². The SMILES string of the molecule is Cc1sc(-c2ccc(O)cc2)nc1-c1ccc(F)cc1. The van der Waals surface area contributed by atoms with Gasteiger partial charge in [-0.3, -0.25) is 0 Å². The van der Waals surface area contributed by atoms with Crippen LogP contribution in [0.1, 0.15) is 4.88 Å². The molecule has 0 unspecified atom stereocenters. The molecule has 0 saturated carbocycles. The number of hydrogen-bond acceptors (Lipinski definition) is 3. The summed E-state index contributed by atoms with van der Waals surface area (Å²) in [6, 6.07) is 13.3. The van der Waals surface area contributed by atoms with E-state index in [-0.39, 0.29) is 11.6 Å². The van der Waals surface area contributed by atoms with Crippen LogP contribution in [-0.4, -0.2) is 10.1 Å². The predicted octanol–water partition coefficient (Wildman–Crippen LogP) is 4.63. The highest BCUT2D eigenvalue weighted by molar-refractivity contribution is 7.15. The van der Waals surface area contributed by atoms with Gasteiger partial charge in [-0.1, -0.05) is 0 Å². The van der Waals surface area contributed by atoms with E-state index in [9.17, 15) is 9.50 Å². The number of hydrogen-bond donors (Lipinski definition) is 1. The van der Waals surface area contributed by atoms with E-state index in [2.05, 4.69) is 4.98 Å². The van der Waals surface area contributed by atoms with E-state index < -0.39 is 0 Å². The molecule has 0 radical (unpaired) electrons. The molecule has 0 saturated heterocycles. The maximum Gasteiger partial charge on any atom is 0.124 e. The van der Waals surface area contributed by atoms with Crippen molar-refractivity contribution in [2.45, 2.75) is 6.92 Å². The zero-order valence-electron chi connectivity index (χ0n) is 10.8. The van der Waals surface area contributed by atoms with E-state index in [0.29, 0.717) is 0 Å². The quantitative estimate of drug-likeness (QED) is 0.744. The Hall–Kier alpha value is -2.20. The summed E-state index contributed by atoms with van der Waals surface area (Å²) in [7, 11) is 0. The number of benzene rings is 2. The molecule has 0 atom stereocenters. The van der Waals surface area contributed by atoms with Crippen LogP contribution in [-0.2, 0) is 0 Å². The number of phenols is 1. The van der Waals surface area contributed by atoms with Gasteiger partial charge in [-0.15, -0.1) is 11.3 Å². The largest absolute Gasteiger partial charge is 0.508 e. The molecule has 4 heteroatoms. The fourth-order valence-electron chi connectivity index (χ4n) is 2.00. The summed E-state index contributed by atoms with van der Waals surface area (Å²) in [6.07, 6.45) is 0. The van der Waals surface area contributed by atoms with Gasteiger partial charge in [-0.05, 0) is 55.5 Å². The van der Waals surface area contributed by atoms with Crippen molar-refractivity contribution in [3.8, 4) is 27.6 Å². The van der Waals surface area contributed by atoms with Crippen molar-refractivity contribution in [1.29, 1.82) is 0 Å². The van der Waals surface area contributed by atoms with Crippen molar-refractivity contribution in [1.82, 2.24) is 4.98 Å². The molecular weight excluding hydrogens is 273 g/mol. The Morgan fingerprint density at radius 2 is 1.55 bits per heavy atom. The number of nitrogens with zero attached hydrogens (tertiary/aromatic N) is 1. The summed E-state index contributed by atoms with van der Waals surface area (Å²) < 4.78 is 13.0. The molecule has 3 rings (SSSR count). The van der Waals surface area contributed by atoms with Crippen molar-refractivity contribution in [3.05, 3.63) is 59.2 Å². The van der Waals surface area contributed by atoms with Gasteiger partial charge in [0.2, 0.25) is 0 Å². The van der Waals surface area contributed by atoms with Gasteiger partial charge >= 0.3 is 0 Å². The number of aryl methyl sites for hydroxylation is 1. The van der Waals surface area contributed by atoms with E-state index in [1.807, 2.05) is 19.1 Å². The normalized spacial score (nSPS) is 10.7. The average molecular weight is 285 g/mol. The number of thiazole rings is 1. The highest BCUT2D eigenvalue weighted by Gasteiger charge is 2.11. The Morgan fingerprint density at radius 1 is 0.950 bits per heavy atom. The molecule has 0 bridgehead atoms. The van der Waals surface area contributed by atoms with Gasteiger partial charge in [0.15, 0.2) is 0 Å². The van der Waals surface area contributed by atoms with E-state index in [0.717, 1.165) is 26.7 Å². The summed E-state index contributed by atoms with van der Waals surface area (Å²) in [5.41, 5.74) is 2.74. The smallest absolute Gasteiger partial charge is 0.124 e. The molecule has 0 spiro atoms. The molecule has 2 nitrogen and oxygen atoms in total. The van der Waals surface area contributed by atoms with E-state index in [4.69, 9.17) is 0 Å². The predicted molar refractivity (Wildman–Crippen MR) is 79.3 cm³/mol. The van der Waals surface area contributed by atoms with Crippen molar-refractivity contribution < 1.29 is 9.50 Å². The third-order valence-corrected chi connectivity index (χ3v) is 4.05. The molecule has 100 valence electrons. The second-order valence-corrected chi connectivity index (χ2v) is 5.68. The first kappa shape index (κ1) is 12.8. The molecule has 0 amide bonds. The van der Waals surface area contributed by atoms with Crippen LogP contribution in [0.3, 0.4) is 0 Å². The molecule has 20 heavy (non-hydrogen) atoms. The van der Waals surface area contributed by atoms with Gasteiger partial charge in [-0.25, -0.2) is 9.37 Å². The minimum atomic E-state index is -0.250. The van der Waals surface area contributed by atoms with Crippen LogP contribution >= 0.6 is 11.3 Å². The second-order valence-electron chi connectivity index (χ2n) is 4.48. The van der Waals surface area contributed by atoms with Crippen LogP contribution in [0.4, 0.5) is 4.39 Å². The van der Waals surface area contributed by atoms with Crippen molar-refractivity contribution in [3.63, 3.8) is 0 Å². The Balaban J connectivity index is 2.02. The van der Waals surface area contributed by atoms with Gasteiger partial charge in [-0.2, -0.15) is 0 Å². The summed E-state index contributed by atoms with van der Waals surface area (Å²) in [5.74, 6) is -0.0128. The summed E-state index contributed by atoms with van der Waals surface area (Å²) in [4.78, 5) is 5.71. The highest BCUT2D eigenvalue weighted by Crippen LogP contribution is 2.33. The fraction of sp³-hybridized carbons (Fsp3) is 0.0625. The van der Waals surface area contributed by atoms with Gasteiger partial charge in [0.05, 0.1) is 5.69 Å². The third-order valence-electron chi connectivity index (χ3n) is 3.03. The van der Waals surface area contributed by atoms with E-state index >= 15 is 0 Å². The lowest BCUT2D eigenvalue weighted by molar-refractivity contribution is 0.475. The summed E-state index contributed by atoms with van der Waals surface area (Å²) >= 11 is 1.59. The van der Waals surface area contributed by atoms with Gasteiger partial charge in [0, 0.05) is 16.0 Å². The fourth-order valence-corrected chi connectivity index (χ4v) is 2.94. The lowest BCUT2D eigenvalue weighted by Gasteiger charge is -1.98. The van der Waals surface area contributed by atoms with Crippen molar-refractivity contribution >= 4 is 11.3 Å². The van der Waals surface area contributed by atoms with E-state index in [1.54, 1.807) is 35.6 Å². The second kappa shape index (κ2) is 5.06. The number of phenolic OH excluding ortho intramolecular Hbond substituents is 1. The van der Waals surface area contributed by atoms with Crippen LogP contribution < -0.4 is 0 Å². The minimum absolute atomic E-state index is 0.237. The van der Waals surface area contributed by atoms with Crippen LogP contribution in [0.15, 0.2) is 48.5 Å². The molecule has 1 N–H and O–H groups in total. The Bertz CT molecular complexity index is 732. The van der Waals surface area contributed by atoms with Crippen LogP contribution in [0.25, 0.3) is 21.8 Å². The van der Waals surface area contributed by atoms with Gasteiger partial charge in [0.25, 0.3) is 0 Å². The van der Waals surface area contributed by atoms with Gasteiger partial charge in [0.1, 0.15) is 16.6 Å². The lowest BCUT2D eigenvalue weighted by atomic mass is 10.1. The topological polar surface area (TPSA) is 33.1 Å². The first-order chi connectivity index (χ1) is 9.63. The lowest BCUT2D eigenvalue weighted by Crippen LogP contribution is -1.82. The maximum absolute atomic E-state index is 13.0. The zero-order chi connectivity index (χ0) is 14.1. The summed E-state index contributed by atoms with van der Waals surface area (Å²) in [6.45, 7) is 2.00. The minimum Gasteiger partial charge on any atom is -0.508 e. The number of aromatic nitrogens is 1. The number of aromatic hydroxyl groups is 1. The Labute approximate surface area is 120 Å². The number of rotatable bonds is 2. The molecule has 0 fully saturated rings. The number of halogens is 1. The summed E-state index contributed by atoms with van der Waals surface area (Å²) in [5, 5.41) is 10.2. The van der Waals surface area contributed by atoms with Crippen LogP contribution in [0, 0.1) is 12.7 Å². The molecule has 0 aliphatic carbocycles. The Kier molecular flexibility index (Phi) is 3.24.